The number of ether oxygens (including phenoxy) is 2. The van der Waals surface area contributed by atoms with Crippen LogP contribution in [0.25, 0.3) is 0 Å². The lowest BCUT2D eigenvalue weighted by molar-refractivity contribution is -0.137. The maximum absolute atomic E-state index is 12.9. The molecule has 3 rings (SSSR count). The molecule has 0 unspecified atom stereocenters. The second-order valence-corrected chi connectivity index (χ2v) is 7.72. The molecule has 0 aliphatic carbocycles. The van der Waals surface area contributed by atoms with E-state index in [0.29, 0.717) is 32.6 Å². The second kappa shape index (κ2) is 10.0. The Balaban J connectivity index is 1.55. The lowest BCUT2D eigenvalue weighted by atomic mass is 10.0. The largest absolute Gasteiger partial charge is 0.497 e. The average molecular weight is 405 g/mol. The quantitative estimate of drug-likeness (QED) is 0.682. The van der Waals surface area contributed by atoms with Gasteiger partial charge in [0.1, 0.15) is 12.4 Å². The van der Waals surface area contributed by atoms with Gasteiger partial charge in [-0.25, -0.2) is 0 Å². The summed E-state index contributed by atoms with van der Waals surface area (Å²) in [7, 11) is 3.13. The van der Waals surface area contributed by atoms with Gasteiger partial charge in [0.2, 0.25) is 11.8 Å². The molecule has 0 radical (unpaired) electrons. The number of aliphatic hydroxyl groups is 1. The number of hydrogen-bond donors (Lipinski definition) is 2. The fraction of sp³-hybridized carbons (Fsp3) is 0.619. The molecule has 0 saturated carbocycles. The zero-order valence-electron chi connectivity index (χ0n) is 17.2. The zero-order chi connectivity index (χ0) is 20.8. The van der Waals surface area contributed by atoms with E-state index in [1.165, 1.54) is 7.11 Å². The van der Waals surface area contributed by atoms with Crippen molar-refractivity contribution >= 4 is 11.8 Å². The van der Waals surface area contributed by atoms with Crippen molar-refractivity contribution in [1.29, 1.82) is 0 Å². The third kappa shape index (κ3) is 5.46. The number of rotatable bonds is 7. The van der Waals surface area contributed by atoms with Crippen molar-refractivity contribution in [3.63, 3.8) is 0 Å². The number of nitrogens with one attached hydrogen (secondary N) is 1. The fourth-order valence-corrected chi connectivity index (χ4v) is 4.25. The number of carbonyl (C=O) groups excluding carboxylic acids is 2. The van der Waals surface area contributed by atoms with E-state index in [-0.39, 0.29) is 30.5 Å². The number of β-amino-alcohol motifs (C(OH)–C–C–N with tert-alkyl or cyclic N) is 1. The molecule has 2 aliphatic heterocycles. The fourth-order valence-electron chi connectivity index (χ4n) is 4.25. The monoisotopic (exact) mass is 405 g/mol. The first-order chi connectivity index (χ1) is 14.0. The molecular weight excluding hydrogens is 374 g/mol. The van der Waals surface area contributed by atoms with Gasteiger partial charge in [0.05, 0.1) is 19.3 Å². The first-order valence-electron chi connectivity index (χ1n) is 10.1. The number of aliphatic hydroxyl groups excluding tert-OH is 1. The van der Waals surface area contributed by atoms with Gasteiger partial charge >= 0.3 is 0 Å². The molecule has 2 aliphatic rings. The van der Waals surface area contributed by atoms with E-state index in [9.17, 15) is 14.7 Å². The first kappa shape index (κ1) is 21.5. The highest BCUT2D eigenvalue weighted by Crippen LogP contribution is 2.27. The number of methoxy groups -OCH3 is 2. The van der Waals surface area contributed by atoms with Crippen LogP contribution < -0.4 is 10.1 Å². The lowest BCUT2D eigenvalue weighted by Gasteiger charge is -2.38. The molecule has 29 heavy (non-hydrogen) atoms. The van der Waals surface area contributed by atoms with Crippen LogP contribution in [0, 0.1) is 0 Å². The lowest BCUT2D eigenvalue weighted by Crippen LogP contribution is -2.52. The number of amides is 2. The Morgan fingerprint density at radius 1 is 1.24 bits per heavy atom. The maximum Gasteiger partial charge on any atom is 0.248 e. The number of hydrogen-bond acceptors (Lipinski definition) is 6. The van der Waals surface area contributed by atoms with Crippen LogP contribution in [0.15, 0.2) is 24.3 Å². The van der Waals surface area contributed by atoms with E-state index in [4.69, 9.17) is 9.47 Å². The molecule has 0 aromatic heterocycles. The van der Waals surface area contributed by atoms with Gasteiger partial charge in [-0.1, -0.05) is 12.1 Å². The normalized spacial score (nSPS) is 23.2. The molecule has 2 N–H and O–H groups in total. The third-order valence-corrected chi connectivity index (χ3v) is 5.77. The van der Waals surface area contributed by atoms with Crippen LogP contribution in [0.3, 0.4) is 0 Å². The highest BCUT2D eigenvalue weighted by Gasteiger charge is 2.40. The molecule has 8 heteroatoms. The van der Waals surface area contributed by atoms with Gasteiger partial charge < -0.3 is 24.8 Å². The first-order valence-corrected chi connectivity index (χ1v) is 10.1. The van der Waals surface area contributed by atoms with E-state index >= 15 is 0 Å². The summed E-state index contributed by atoms with van der Waals surface area (Å²) in [5.74, 6) is 0.687. The summed E-state index contributed by atoms with van der Waals surface area (Å²) in [5.41, 5.74) is 0.966. The topological polar surface area (TPSA) is 91.3 Å². The SMILES string of the molecule is COCC(=O)N1CCC(N2C[C@H](O)C[C@H]2C(=O)NCc2cccc(OC)c2)CC1. The molecule has 0 spiro atoms. The summed E-state index contributed by atoms with van der Waals surface area (Å²) in [6.45, 7) is 2.31. The van der Waals surface area contributed by atoms with Crippen LogP contribution in [0.2, 0.25) is 0 Å². The molecule has 2 fully saturated rings. The van der Waals surface area contributed by atoms with Crippen molar-refractivity contribution in [3.05, 3.63) is 29.8 Å². The van der Waals surface area contributed by atoms with Crippen molar-refractivity contribution in [2.75, 3.05) is 40.5 Å². The minimum absolute atomic E-state index is 0.0000102. The minimum atomic E-state index is -0.504. The number of likely N-dealkylation sites (tertiary alicyclic amines) is 2. The zero-order valence-corrected chi connectivity index (χ0v) is 17.2. The number of nitrogens with zero attached hydrogens (tertiary/aromatic N) is 2. The molecule has 2 heterocycles. The van der Waals surface area contributed by atoms with E-state index in [1.807, 2.05) is 29.2 Å². The Kier molecular flexibility index (Phi) is 7.46. The molecule has 2 atom stereocenters. The standard InChI is InChI=1S/C21H31N3O5/c1-28-14-20(26)23-8-6-16(7-9-23)24-13-17(25)11-19(24)21(27)22-12-15-4-3-5-18(10-15)29-2/h3-5,10,16-17,19,25H,6-9,11-14H2,1-2H3,(H,22,27)/t17-,19+/m1/s1. The summed E-state index contributed by atoms with van der Waals surface area (Å²) in [6.07, 6.45) is 1.52. The molecule has 8 nitrogen and oxygen atoms in total. The van der Waals surface area contributed by atoms with E-state index < -0.39 is 6.10 Å². The number of piperidine rings is 1. The van der Waals surface area contributed by atoms with Gasteiger partial charge in [-0.3, -0.25) is 14.5 Å². The third-order valence-electron chi connectivity index (χ3n) is 5.77. The van der Waals surface area contributed by atoms with Gasteiger partial charge in [0, 0.05) is 39.3 Å². The van der Waals surface area contributed by atoms with Gasteiger partial charge in [0.15, 0.2) is 0 Å². The van der Waals surface area contributed by atoms with Gasteiger partial charge in [-0.15, -0.1) is 0 Å². The Hall–Kier alpha value is -2.16. The smallest absolute Gasteiger partial charge is 0.248 e. The molecule has 160 valence electrons. The van der Waals surface area contributed by atoms with Crippen LogP contribution in [0.5, 0.6) is 5.75 Å². The highest BCUT2D eigenvalue weighted by molar-refractivity contribution is 5.82. The van der Waals surface area contributed by atoms with Gasteiger partial charge in [-0.05, 0) is 37.0 Å². The molecule has 2 saturated heterocycles. The molecule has 1 aromatic rings. The van der Waals surface area contributed by atoms with Gasteiger partial charge in [-0.2, -0.15) is 0 Å². The Morgan fingerprint density at radius 3 is 2.69 bits per heavy atom. The van der Waals surface area contributed by atoms with Crippen molar-refractivity contribution in [2.24, 2.45) is 0 Å². The van der Waals surface area contributed by atoms with E-state index in [1.54, 1.807) is 7.11 Å². The summed E-state index contributed by atoms with van der Waals surface area (Å²) in [5, 5.41) is 13.2. The molecule has 0 bridgehead atoms. The number of benzene rings is 1. The van der Waals surface area contributed by atoms with Crippen LogP contribution in [0.4, 0.5) is 0 Å². The summed E-state index contributed by atoms with van der Waals surface area (Å²) < 4.78 is 10.2. The predicted octanol–water partition coefficient (Wildman–Crippen LogP) is 0.384. The Bertz CT molecular complexity index is 705. The van der Waals surface area contributed by atoms with Crippen molar-refractivity contribution in [2.45, 2.75) is 44.0 Å². The molecule has 1 aromatic carbocycles. The van der Waals surface area contributed by atoms with Crippen molar-refractivity contribution in [1.82, 2.24) is 15.1 Å². The predicted molar refractivity (Wildman–Crippen MR) is 107 cm³/mol. The summed E-state index contributed by atoms with van der Waals surface area (Å²) in [4.78, 5) is 28.8. The van der Waals surface area contributed by atoms with Crippen molar-refractivity contribution < 1.29 is 24.2 Å². The Labute approximate surface area is 171 Å². The molecule has 2 amide bonds. The van der Waals surface area contributed by atoms with Crippen LogP contribution in [0.1, 0.15) is 24.8 Å². The maximum atomic E-state index is 12.9. The average Bonchev–Trinajstić information content (AvgIpc) is 3.14. The van der Waals surface area contributed by atoms with E-state index in [2.05, 4.69) is 10.2 Å². The van der Waals surface area contributed by atoms with Crippen LogP contribution in [-0.2, 0) is 20.9 Å². The van der Waals surface area contributed by atoms with Crippen LogP contribution in [-0.4, -0.2) is 85.4 Å². The van der Waals surface area contributed by atoms with Crippen LogP contribution >= 0.6 is 0 Å². The highest BCUT2D eigenvalue weighted by atomic mass is 16.5. The summed E-state index contributed by atoms with van der Waals surface area (Å²) in [6, 6.07) is 7.44. The summed E-state index contributed by atoms with van der Waals surface area (Å²) >= 11 is 0. The Morgan fingerprint density at radius 2 is 2.00 bits per heavy atom. The molecular formula is C21H31N3O5. The van der Waals surface area contributed by atoms with E-state index in [0.717, 1.165) is 24.2 Å². The van der Waals surface area contributed by atoms with Crippen molar-refractivity contribution in [3.8, 4) is 5.75 Å². The van der Waals surface area contributed by atoms with Gasteiger partial charge in [0.25, 0.3) is 0 Å². The minimum Gasteiger partial charge on any atom is -0.497 e. The second-order valence-electron chi connectivity index (χ2n) is 7.72. The number of carbonyl (C=O) groups is 2.